The second-order valence-corrected chi connectivity index (χ2v) is 4.65. The SMILES string of the molecule is CC(CS(N)(=O)=O)c1ncc(F)cn1. The molecule has 7 heteroatoms. The third-order valence-corrected chi connectivity index (χ3v) is 2.53. The van der Waals surface area contributed by atoms with Crippen LogP contribution in [0.3, 0.4) is 0 Å². The Labute approximate surface area is 81.2 Å². The molecular formula is C7H10FN3O2S. The summed E-state index contributed by atoms with van der Waals surface area (Å²) >= 11 is 0. The van der Waals surface area contributed by atoms with E-state index in [9.17, 15) is 12.8 Å². The van der Waals surface area contributed by atoms with E-state index in [0.29, 0.717) is 0 Å². The Hall–Kier alpha value is -1.08. The molecule has 1 aromatic rings. The molecule has 78 valence electrons. The Morgan fingerprint density at radius 2 is 2.00 bits per heavy atom. The van der Waals surface area contributed by atoms with Crippen LogP contribution in [-0.4, -0.2) is 24.1 Å². The van der Waals surface area contributed by atoms with Gasteiger partial charge in [0.25, 0.3) is 0 Å². The van der Waals surface area contributed by atoms with Crippen molar-refractivity contribution in [2.45, 2.75) is 12.8 Å². The summed E-state index contributed by atoms with van der Waals surface area (Å²) in [6.45, 7) is 1.61. The monoisotopic (exact) mass is 219 g/mol. The van der Waals surface area contributed by atoms with E-state index in [-0.39, 0.29) is 11.6 Å². The van der Waals surface area contributed by atoms with E-state index in [4.69, 9.17) is 5.14 Å². The van der Waals surface area contributed by atoms with E-state index >= 15 is 0 Å². The number of hydrogen-bond acceptors (Lipinski definition) is 4. The zero-order chi connectivity index (χ0) is 10.8. The number of sulfonamides is 1. The van der Waals surface area contributed by atoms with Crippen LogP contribution in [-0.2, 0) is 10.0 Å². The first-order chi connectivity index (χ1) is 6.38. The summed E-state index contributed by atoms with van der Waals surface area (Å²) in [5, 5.41) is 4.85. The first-order valence-corrected chi connectivity index (χ1v) is 5.58. The average Bonchev–Trinajstić information content (AvgIpc) is 2.02. The number of rotatable bonds is 3. The standard InChI is InChI=1S/C7H10FN3O2S/c1-5(4-14(9,12)13)7-10-2-6(8)3-11-7/h2-3,5H,4H2,1H3,(H2,9,12,13). The Kier molecular flexibility index (Phi) is 3.12. The van der Waals surface area contributed by atoms with Gasteiger partial charge in [-0.25, -0.2) is 27.9 Å². The molecule has 1 unspecified atom stereocenters. The molecule has 5 nitrogen and oxygen atoms in total. The second-order valence-electron chi connectivity index (χ2n) is 2.99. The Balaban J connectivity index is 2.80. The van der Waals surface area contributed by atoms with Gasteiger partial charge in [0.1, 0.15) is 5.82 Å². The van der Waals surface area contributed by atoms with Crippen molar-refractivity contribution < 1.29 is 12.8 Å². The van der Waals surface area contributed by atoms with Crippen LogP contribution in [0.2, 0.25) is 0 Å². The normalized spacial score (nSPS) is 13.9. The largest absolute Gasteiger partial charge is 0.238 e. The fourth-order valence-corrected chi connectivity index (χ4v) is 1.85. The second kappa shape index (κ2) is 3.97. The summed E-state index contributed by atoms with van der Waals surface area (Å²) in [5.41, 5.74) is 0. The van der Waals surface area contributed by atoms with Crippen LogP contribution in [0.4, 0.5) is 4.39 Å². The maximum Gasteiger partial charge on any atom is 0.209 e. The van der Waals surface area contributed by atoms with Gasteiger partial charge in [0.2, 0.25) is 10.0 Å². The predicted octanol–water partition coefficient (Wildman–Crippen LogP) is 0.00770. The van der Waals surface area contributed by atoms with Gasteiger partial charge in [-0.3, -0.25) is 0 Å². The molecule has 0 aliphatic rings. The van der Waals surface area contributed by atoms with Crippen LogP contribution >= 0.6 is 0 Å². The quantitative estimate of drug-likeness (QED) is 0.775. The minimum absolute atomic E-state index is 0.251. The maximum absolute atomic E-state index is 12.4. The van der Waals surface area contributed by atoms with E-state index < -0.39 is 21.8 Å². The summed E-state index contributed by atoms with van der Waals surface area (Å²) in [6, 6.07) is 0. The average molecular weight is 219 g/mol. The lowest BCUT2D eigenvalue weighted by Crippen LogP contribution is -2.21. The van der Waals surface area contributed by atoms with Crippen LogP contribution < -0.4 is 5.14 Å². The van der Waals surface area contributed by atoms with Gasteiger partial charge in [-0.2, -0.15) is 0 Å². The van der Waals surface area contributed by atoms with Gasteiger partial charge in [-0.05, 0) is 0 Å². The summed E-state index contributed by atoms with van der Waals surface area (Å²) in [4.78, 5) is 7.31. The first kappa shape index (κ1) is 11.0. The zero-order valence-electron chi connectivity index (χ0n) is 7.51. The molecule has 1 heterocycles. The van der Waals surface area contributed by atoms with E-state index in [1.54, 1.807) is 6.92 Å². The molecule has 0 radical (unpaired) electrons. The van der Waals surface area contributed by atoms with Crippen molar-refractivity contribution in [1.82, 2.24) is 9.97 Å². The summed E-state index contributed by atoms with van der Waals surface area (Å²) in [6.07, 6.45) is 1.98. The molecular weight excluding hydrogens is 209 g/mol. The third-order valence-electron chi connectivity index (χ3n) is 1.56. The highest BCUT2D eigenvalue weighted by Crippen LogP contribution is 2.10. The lowest BCUT2D eigenvalue weighted by Gasteiger charge is -2.07. The fourth-order valence-electron chi connectivity index (χ4n) is 1.000. The predicted molar refractivity (Wildman–Crippen MR) is 48.4 cm³/mol. The molecule has 0 aliphatic carbocycles. The Morgan fingerprint density at radius 1 is 1.50 bits per heavy atom. The minimum Gasteiger partial charge on any atom is -0.238 e. The van der Waals surface area contributed by atoms with Crippen LogP contribution in [0.1, 0.15) is 18.7 Å². The van der Waals surface area contributed by atoms with Gasteiger partial charge in [-0.1, -0.05) is 6.92 Å². The van der Waals surface area contributed by atoms with Crippen molar-refractivity contribution in [2.75, 3.05) is 5.75 Å². The number of hydrogen-bond donors (Lipinski definition) is 1. The van der Waals surface area contributed by atoms with Gasteiger partial charge < -0.3 is 0 Å². The van der Waals surface area contributed by atoms with E-state index in [1.807, 2.05) is 0 Å². The van der Waals surface area contributed by atoms with E-state index in [0.717, 1.165) is 12.4 Å². The molecule has 1 atom stereocenters. The molecule has 1 rings (SSSR count). The van der Waals surface area contributed by atoms with Crippen molar-refractivity contribution in [2.24, 2.45) is 5.14 Å². The van der Waals surface area contributed by atoms with Crippen molar-refractivity contribution >= 4 is 10.0 Å². The lowest BCUT2D eigenvalue weighted by molar-refractivity contribution is 0.585. The van der Waals surface area contributed by atoms with Crippen LogP contribution in [0.15, 0.2) is 12.4 Å². The van der Waals surface area contributed by atoms with Crippen molar-refractivity contribution in [3.8, 4) is 0 Å². The van der Waals surface area contributed by atoms with Gasteiger partial charge in [0.05, 0.1) is 18.1 Å². The molecule has 0 fully saturated rings. The molecule has 2 N–H and O–H groups in total. The molecule has 1 aromatic heterocycles. The number of nitrogens with two attached hydrogens (primary N) is 1. The number of aromatic nitrogens is 2. The highest BCUT2D eigenvalue weighted by Gasteiger charge is 2.15. The molecule has 0 saturated carbocycles. The summed E-state index contributed by atoms with van der Waals surface area (Å²) in [7, 11) is -3.56. The molecule has 0 bridgehead atoms. The van der Waals surface area contributed by atoms with Crippen molar-refractivity contribution in [3.05, 3.63) is 24.0 Å². The third kappa shape index (κ3) is 3.35. The Morgan fingerprint density at radius 3 is 2.43 bits per heavy atom. The van der Waals surface area contributed by atoms with Gasteiger partial charge >= 0.3 is 0 Å². The van der Waals surface area contributed by atoms with Gasteiger partial charge in [0, 0.05) is 5.92 Å². The van der Waals surface area contributed by atoms with E-state index in [2.05, 4.69) is 9.97 Å². The molecule has 0 spiro atoms. The summed E-state index contributed by atoms with van der Waals surface area (Å²) < 4.78 is 33.9. The van der Waals surface area contributed by atoms with Crippen molar-refractivity contribution in [1.29, 1.82) is 0 Å². The highest BCUT2D eigenvalue weighted by molar-refractivity contribution is 7.89. The van der Waals surface area contributed by atoms with E-state index in [1.165, 1.54) is 0 Å². The number of primary sulfonamides is 1. The highest BCUT2D eigenvalue weighted by atomic mass is 32.2. The smallest absolute Gasteiger partial charge is 0.209 e. The molecule has 0 aliphatic heterocycles. The first-order valence-electron chi connectivity index (χ1n) is 3.86. The molecule has 14 heavy (non-hydrogen) atoms. The van der Waals surface area contributed by atoms with Gasteiger partial charge in [-0.15, -0.1) is 0 Å². The maximum atomic E-state index is 12.4. The van der Waals surface area contributed by atoms with Crippen LogP contribution in [0.5, 0.6) is 0 Å². The lowest BCUT2D eigenvalue weighted by atomic mass is 10.2. The Bertz CT molecular complexity index is 403. The molecule has 0 aromatic carbocycles. The number of halogens is 1. The fraction of sp³-hybridized carbons (Fsp3) is 0.429. The number of nitrogens with zero attached hydrogens (tertiary/aromatic N) is 2. The van der Waals surface area contributed by atoms with Crippen LogP contribution in [0.25, 0.3) is 0 Å². The van der Waals surface area contributed by atoms with Crippen LogP contribution in [0, 0.1) is 5.82 Å². The van der Waals surface area contributed by atoms with Crippen molar-refractivity contribution in [3.63, 3.8) is 0 Å². The molecule has 0 amide bonds. The molecule has 0 saturated heterocycles. The topological polar surface area (TPSA) is 85.9 Å². The van der Waals surface area contributed by atoms with Gasteiger partial charge in [0.15, 0.2) is 5.82 Å². The summed E-state index contributed by atoms with van der Waals surface area (Å²) in [5.74, 6) is -0.985. The zero-order valence-corrected chi connectivity index (χ0v) is 8.33. The minimum atomic E-state index is -3.56.